The maximum Gasteiger partial charge on any atom is 0.337 e. The molecule has 1 aromatic heterocycles. The number of aryl methyl sites for hydroxylation is 1. The molecular weight excluding hydrogens is 256 g/mol. The molecule has 0 spiro atoms. The third-order valence-corrected chi connectivity index (χ3v) is 4.18. The van der Waals surface area contributed by atoms with Crippen LogP contribution in [-0.4, -0.2) is 42.5 Å². The van der Waals surface area contributed by atoms with E-state index in [4.69, 9.17) is 5.11 Å². The normalized spacial score (nSPS) is 11.2. The smallest absolute Gasteiger partial charge is 0.337 e. The fourth-order valence-corrected chi connectivity index (χ4v) is 2.07. The lowest BCUT2D eigenvalue weighted by Gasteiger charge is -2.07. The van der Waals surface area contributed by atoms with E-state index < -0.39 is 15.8 Å². The van der Waals surface area contributed by atoms with Gasteiger partial charge in [-0.25, -0.2) is 18.2 Å². The number of carbonyl (C=O) groups is 1. The van der Waals surface area contributed by atoms with E-state index in [9.17, 15) is 13.2 Å². The highest BCUT2D eigenvalue weighted by Gasteiger charge is 2.09. The van der Waals surface area contributed by atoms with Crippen molar-refractivity contribution in [2.45, 2.75) is 13.8 Å². The first-order chi connectivity index (χ1) is 8.35. The van der Waals surface area contributed by atoms with E-state index in [1.165, 1.54) is 12.1 Å². The summed E-state index contributed by atoms with van der Waals surface area (Å²) in [6, 6.07) is 2.97. The first kappa shape index (κ1) is 14.4. The minimum atomic E-state index is -3.01. The van der Waals surface area contributed by atoms with Crippen molar-refractivity contribution in [2.24, 2.45) is 0 Å². The Bertz CT molecular complexity index is 540. The summed E-state index contributed by atoms with van der Waals surface area (Å²) in [5.41, 5.74) is 0.535. The van der Waals surface area contributed by atoms with Crippen LogP contribution >= 0.6 is 0 Å². The van der Waals surface area contributed by atoms with Crippen molar-refractivity contribution in [1.82, 2.24) is 4.98 Å². The molecule has 0 amide bonds. The van der Waals surface area contributed by atoms with Crippen molar-refractivity contribution in [3.63, 3.8) is 0 Å². The van der Waals surface area contributed by atoms with Crippen molar-refractivity contribution in [1.29, 1.82) is 0 Å². The predicted octanol–water partition coefficient (Wildman–Crippen LogP) is 0.935. The lowest BCUT2D eigenvalue weighted by molar-refractivity contribution is 0.0695. The van der Waals surface area contributed by atoms with Gasteiger partial charge in [0, 0.05) is 12.3 Å². The van der Waals surface area contributed by atoms with Gasteiger partial charge in [-0.2, -0.15) is 0 Å². The molecule has 18 heavy (non-hydrogen) atoms. The Kier molecular flexibility index (Phi) is 4.66. The van der Waals surface area contributed by atoms with Crippen LogP contribution in [0.25, 0.3) is 0 Å². The molecule has 0 saturated carbocycles. The molecule has 0 atom stereocenters. The lowest BCUT2D eigenvalue weighted by Crippen LogP contribution is -2.18. The molecule has 100 valence electrons. The second-order valence-electron chi connectivity index (χ2n) is 3.80. The van der Waals surface area contributed by atoms with Crippen LogP contribution in [0.3, 0.4) is 0 Å². The van der Waals surface area contributed by atoms with Gasteiger partial charge in [0.2, 0.25) is 0 Å². The molecular formula is C11H16N2O4S. The molecule has 0 aromatic carbocycles. The van der Waals surface area contributed by atoms with E-state index in [2.05, 4.69) is 10.3 Å². The van der Waals surface area contributed by atoms with Crippen LogP contribution in [0, 0.1) is 6.92 Å². The number of anilines is 1. The Balaban J connectivity index is 2.65. The van der Waals surface area contributed by atoms with Crippen LogP contribution in [-0.2, 0) is 9.84 Å². The number of aromatic carboxylic acids is 1. The Morgan fingerprint density at radius 3 is 2.61 bits per heavy atom. The SMILES string of the molecule is CCS(=O)(=O)CCNc1ccc(C(=O)O)c(C)n1. The molecule has 2 N–H and O–H groups in total. The van der Waals surface area contributed by atoms with Gasteiger partial charge in [-0.1, -0.05) is 6.92 Å². The summed E-state index contributed by atoms with van der Waals surface area (Å²) in [6.45, 7) is 3.45. The zero-order valence-corrected chi connectivity index (χ0v) is 11.1. The first-order valence-electron chi connectivity index (χ1n) is 5.51. The molecule has 1 rings (SSSR count). The van der Waals surface area contributed by atoms with Crippen LogP contribution in [0.2, 0.25) is 0 Å². The number of pyridine rings is 1. The average molecular weight is 272 g/mol. The van der Waals surface area contributed by atoms with Crippen molar-refractivity contribution < 1.29 is 18.3 Å². The first-order valence-corrected chi connectivity index (χ1v) is 7.33. The predicted molar refractivity (Wildman–Crippen MR) is 68.8 cm³/mol. The zero-order valence-electron chi connectivity index (χ0n) is 10.3. The number of carboxylic acid groups (broad SMARTS) is 1. The van der Waals surface area contributed by atoms with Gasteiger partial charge < -0.3 is 10.4 Å². The van der Waals surface area contributed by atoms with Crippen molar-refractivity contribution in [3.05, 3.63) is 23.4 Å². The molecule has 0 radical (unpaired) electrons. The zero-order chi connectivity index (χ0) is 13.8. The molecule has 1 heterocycles. The highest BCUT2D eigenvalue weighted by molar-refractivity contribution is 7.91. The second kappa shape index (κ2) is 5.81. The fourth-order valence-electron chi connectivity index (χ4n) is 1.36. The minimum Gasteiger partial charge on any atom is -0.478 e. The molecule has 0 aliphatic rings. The largest absolute Gasteiger partial charge is 0.478 e. The van der Waals surface area contributed by atoms with Gasteiger partial charge in [-0.05, 0) is 19.1 Å². The maximum absolute atomic E-state index is 11.3. The number of hydrogen-bond acceptors (Lipinski definition) is 5. The molecule has 1 aromatic rings. The molecule has 0 aliphatic carbocycles. The van der Waals surface area contributed by atoms with E-state index in [1.54, 1.807) is 13.8 Å². The molecule has 0 unspecified atom stereocenters. The van der Waals surface area contributed by atoms with Crippen LogP contribution in [0.4, 0.5) is 5.82 Å². The highest BCUT2D eigenvalue weighted by atomic mass is 32.2. The standard InChI is InChI=1S/C11H16N2O4S/c1-3-18(16,17)7-6-12-10-5-4-9(11(14)15)8(2)13-10/h4-5H,3,6-7H2,1-2H3,(H,12,13)(H,14,15). The van der Waals surface area contributed by atoms with E-state index >= 15 is 0 Å². The number of rotatable bonds is 6. The highest BCUT2D eigenvalue weighted by Crippen LogP contribution is 2.10. The number of carboxylic acids is 1. The Labute approximate surface area is 106 Å². The van der Waals surface area contributed by atoms with E-state index in [1.807, 2.05) is 0 Å². The molecule has 0 aliphatic heterocycles. The van der Waals surface area contributed by atoms with Gasteiger partial charge in [0.15, 0.2) is 9.84 Å². The topological polar surface area (TPSA) is 96.4 Å². The van der Waals surface area contributed by atoms with Crippen molar-refractivity contribution in [3.8, 4) is 0 Å². The summed E-state index contributed by atoms with van der Waals surface area (Å²) < 4.78 is 22.5. The molecule has 0 bridgehead atoms. The van der Waals surface area contributed by atoms with Gasteiger partial charge in [0.25, 0.3) is 0 Å². The van der Waals surface area contributed by atoms with Crippen LogP contribution in [0.5, 0.6) is 0 Å². The number of nitrogens with one attached hydrogen (secondary N) is 1. The summed E-state index contributed by atoms with van der Waals surface area (Å²) in [5.74, 6) is -0.409. The number of hydrogen-bond donors (Lipinski definition) is 2. The van der Waals surface area contributed by atoms with Crippen LogP contribution in [0.15, 0.2) is 12.1 Å². The molecule has 7 heteroatoms. The minimum absolute atomic E-state index is 0.0326. The molecule has 0 fully saturated rings. The number of sulfone groups is 1. The van der Waals surface area contributed by atoms with Crippen molar-refractivity contribution >= 4 is 21.6 Å². The summed E-state index contributed by atoms with van der Waals surface area (Å²) in [6.07, 6.45) is 0. The summed E-state index contributed by atoms with van der Waals surface area (Å²) in [5, 5.41) is 11.7. The average Bonchev–Trinajstić information content (AvgIpc) is 2.28. The van der Waals surface area contributed by atoms with E-state index in [0.717, 1.165) is 0 Å². The second-order valence-corrected chi connectivity index (χ2v) is 6.27. The van der Waals surface area contributed by atoms with Gasteiger partial charge in [-0.3, -0.25) is 0 Å². The Hall–Kier alpha value is -1.63. The van der Waals surface area contributed by atoms with Gasteiger partial charge >= 0.3 is 5.97 Å². The van der Waals surface area contributed by atoms with Gasteiger partial charge in [0.1, 0.15) is 5.82 Å². The summed E-state index contributed by atoms with van der Waals surface area (Å²) in [4.78, 5) is 14.8. The maximum atomic E-state index is 11.3. The van der Waals surface area contributed by atoms with Gasteiger partial charge in [0.05, 0.1) is 17.0 Å². The Morgan fingerprint density at radius 2 is 2.11 bits per heavy atom. The molecule has 0 saturated heterocycles. The van der Waals surface area contributed by atoms with Gasteiger partial charge in [-0.15, -0.1) is 0 Å². The quantitative estimate of drug-likeness (QED) is 0.800. The number of aromatic nitrogens is 1. The fraction of sp³-hybridized carbons (Fsp3) is 0.455. The van der Waals surface area contributed by atoms with E-state index in [-0.39, 0.29) is 23.6 Å². The number of nitrogens with zero attached hydrogens (tertiary/aromatic N) is 1. The lowest BCUT2D eigenvalue weighted by atomic mass is 10.2. The van der Waals surface area contributed by atoms with Crippen LogP contribution in [0.1, 0.15) is 23.0 Å². The summed E-state index contributed by atoms with van der Waals surface area (Å²) in [7, 11) is -3.01. The van der Waals surface area contributed by atoms with E-state index in [0.29, 0.717) is 11.5 Å². The third kappa shape index (κ3) is 3.99. The van der Waals surface area contributed by atoms with Crippen LogP contribution < -0.4 is 5.32 Å². The molecule has 6 nitrogen and oxygen atoms in total. The third-order valence-electron chi connectivity index (χ3n) is 2.48. The monoisotopic (exact) mass is 272 g/mol. The summed E-state index contributed by atoms with van der Waals surface area (Å²) >= 11 is 0. The Morgan fingerprint density at radius 1 is 1.44 bits per heavy atom. The van der Waals surface area contributed by atoms with Crippen molar-refractivity contribution in [2.75, 3.05) is 23.4 Å².